The van der Waals surface area contributed by atoms with Crippen LogP contribution in [0.1, 0.15) is 20.8 Å². The predicted octanol–water partition coefficient (Wildman–Crippen LogP) is 6.56. The first-order valence-electron chi connectivity index (χ1n) is 8.20. The number of rotatable bonds is 2. The highest BCUT2D eigenvalue weighted by Gasteiger charge is 2.19. The van der Waals surface area contributed by atoms with Gasteiger partial charge in [0.1, 0.15) is 4.88 Å². The number of thiocarbonyl (C=S) groups is 1. The number of amides is 1. The van der Waals surface area contributed by atoms with Crippen molar-refractivity contribution in [3.8, 4) is 0 Å². The fourth-order valence-corrected chi connectivity index (χ4v) is 5.74. The Bertz CT molecular complexity index is 1220. The van der Waals surface area contributed by atoms with Crippen LogP contribution in [0.3, 0.4) is 0 Å². The Morgan fingerprint density at radius 2 is 1.86 bits per heavy atom. The zero-order valence-corrected chi connectivity index (χ0v) is 18.7. The van der Waals surface area contributed by atoms with Crippen LogP contribution in [0.25, 0.3) is 20.3 Å². The van der Waals surface area contributed by atoms with E-state index in [-0.39, 0.29) is 11.0 Å². The van der Waals surface area contributed by atoms with E-state index in [1.165, 1.54) is 22.7 Å². The van der Waals surface area contributed by atoms with Crippen LogP contribution < -0.4 is 10.6 Å². The van der Waals surface area contributed by atoms with E-state index in [1.54, 1.807) is 18.2 Å². The molecule has 0 aliphatic rings. The Labute approximate surface area is 184 Å². The molecule has 9 heteroatoms. The van der Waals surface area contributed by atoms with Crippen LogP contribution in [0, 0.1) is 13.8 Å². The number of halogens is 2. The molecule has 0 atom stereocenters. The molecule has 0 bridgehead atoms. The van der Waals surface area contributed by atoms with Gasteiger partial charge in [0.25, 0.3) is 5.91 Å². The number of fused-ring (bicyclic) bond motifs is 2. The smallest absolute Gasteiger partial charge is 0.269 e. The average molecular weight is 466 g/mol. The van der Waals surface area contributed by atoms with Crippen molar-refractivity contribution in [2.24, 2.45) is 0 Å². The molecule has 4 aromatic rings. The normalized spacial score (nSPS) is 11.1. The Balaban J connectivity index is 1.54. The summed E-state index contributed by atoms with van der Waals surface area (Å²) in [6.45, 7) is 4.06. The van der Waals surface area contributed by atoms with Crippen molar-refractivity contribution in [3.05, 3.63) is 56.4 Å². The number of nitrogens with one attached hydrogen (secondary N) is 2. The average Bonchev–Trinajstić information content (AvgIpc) is 3.20. The van der Waals surface area contributed by atoms with Crippen molar-refractivity contribution >= 4 is 94.5 Å². The molecule has 0 aliphatic heterocycles. The minimum absolute atomic E-state index is 0.172. The maximum atomic E-state index is 12.6. The molecule has 0 fully saturated rings. The third-order valence-corrected chi connectivity index (χ3v) is 7.39. The van der Waals surface area contributed by atoms with Gasteiger partial charge in [-0.3, -0.25) is 10.1 Å². The summed E-state index contributed by atoms with van der Waals surface area (Å²) in [6, 6.07) is 9.43. The number of aryl methyl sites for hydroxylation is 2. The molecular formula is C19H13Cl2N3OS3. The van der Waals surface area contributed by atoms with Crippen molar-refractivity contribution in [3.63, 3.8) is 0 Å². The topological polar surface area (TPSA) is 54.0 Å². The van der Waals surface area contributed by atoms with Gasteiger partial charge in [-0.1, -0.05) is 52.7 Å². The van der Waals surface area contributed by atoms with Gasteiger partial charge in [0.2, 0.25) is 0 Å². The number of nitrogens with zero attached hydrogens (tertiary/aromatic N) is 1. The molecule has 28 heavy (non-hydrogen) atoms. The van der Waals surface area contributed by atoms with E-state index < -0.39 is 0 Å². The van der Waals surface area contributed by atoms with E-state index in [2.05, 4.69) is 21.7 Å². The minimum atomic E-state index is -0.367. The Morgan fingerprint density at radius 3 is 2.61 bits per heavy atom. The van der Waals surface area contributed by atoms with Gasteiger partial charge < -0.3 is 5.32 Å². The van der Waals surface area contributed by atoms with E-state index in [9.17, 15) is 4.79 Å². The van der Waals surface area contributed by atoms with Crippen LogP contribution in [0.15, 0.2) is 30.3 Å². The van der Waals surface area contributed by atoms with Gasteiger partial charge in [-0.2, -0.15) is 0 Å². The molecule has 2 aromatic carbocycles. The molecule has 142 valence electrons. The Hall–Kier alpha value is -1.77. The van der Waals surface area contributed by atoms with Gasteiger partial charge in [0.15, 0.2) is 10.2 Å². The summed E-state index contributed by atoms with van der Waals surface area (Å²) < 4.78 is 1.94. The number of carbonyl (C=O) groups is 1. The molecule has 0 spiro atoms. The molecule has 2 aromatic heterocycles. The van der Waals surface area contributed by atoms with Crippen LogP contribution in [0.4, 0.5) is 5.13 Å². The molecule has 2 heterocycles. The summed E-state index contributed by atoms with van der Waals surface area (Å²) in [5.41, 5.74) is 3.18. The monoisotopic (exact) mass is 465 g/mol. The van der Waals surface area contributed by atoms with Gasteiger partial charge in [0, 0.05) is 15.1 Å². The van der Waals surface area contributed by atoms with Gasteiger partial charge in [-0.25, -0.2) is 4.98 Å². The molecule has 4 rings (SSSR count). The SMILES string of the molecule is Cc1ccc(C)c2sc(NC(=S)NC(=O)c3sc4cc(Cl)ccc4c3Cl)nc12. The summed E-state index contributed by atoms with van der Waals surface area (Å²) in [6.07, 6.45) is 0. The van der Waals surface area contributed by atoms with E-state index in [0.29, 0.717) is 20.1 Å². The molecule has 0 aliphatic carbocycles. The molecule has 4 nitrogen and oxygen atoms in total. The number of thiophene rings is 1. The van der Waals surface area contributed by atoms with Crippen molar-refractivity contribution < 1.29 is 4.79 Å². The summed E-state index contributed by atoms with van der Waals surface area (Å²) in [4.78, 5) is 17.6. The third-order valence-electron chi connectivity index (χ3n) is 4.19. The molecular weight excluding hydrogens is 453 g/mol. The lowest BCUT2D eigenvalue weighted by molar-refractivity contribution is 0.0982. The standard InChI is InChI=1S/C19H13Cl2N3OS3/c1-8-3-4-9(2)15-14(8)22-19(28-15)24-18(26)23-17(25)16-13(21)11-6-5-10(20)7-12(11)27-16/h3-7H,1-2H3,(H2,22,23,24,25,26). The molecule has 0 unspecified atom stereocenters. The second-order valence-electron chi connectivity index (χ2n) is 6.19. The third kappa shape index (κ3) is 3.60. The lowest BCUT2D eigenvalue weighted by Crippen LogP contribution is -2.33. The van der Waals surface area contributed by atoms with Crippen LogP contribution in [0.2, 0.25) is 10.0 Å². The molecule has 1 amide bonds. The second-order valence-corrected chi connectivity index (χ2v) is 9.46. The number of benzene rings is 2. The fraction of sp³-hybridized carbons (Fsp3) is 0.105. The number of hydrogen-bond donors (Lipinski definition) is 2. The van der Waals surface area contributed by atoms with E-state index in [4.69, 9.17) is 35.4 Å². The lowest BCUT2D eigenvalue weighted by Gasteiger charge is -2.06. The van der Waals surface area contributed by atoms with Crippen molar-refractivity contribution in [1.29, 1.82) is 0 Å². The maximum Gasteiger partial charge on any atom is 0.269 e. The maximum absolute atomic E-state index is 12.6. The highest BCUT2D eigenvalue weighted by atomic mass is 35.5. The quantitative estimate of drug-likeness (QED) is 0.329. The highest BCUT2D eigenvalue weighted by molar-refractivity contribution is 7.80. The van der Waals surface area contributed by atoms with E-state index in [1.807, 2.05) is 19.9 Å². The first-order chi connectivity index (χ1) is 13.3. The highest BCUT2D eigenvalue weighted by Crippen LogP contribution is 2.36. The second kappa shape index (κ2) is 7.57. The van der Waals surface area contributed by atoms with Gasteiger partial charge in [0.05, 0.1) is 15.2 Å². The van der Waals surface area contributed by atoms with Crippen LogP contribution >= 0.6 is 58.1 Å². The summed E-state index contributed by atoms with van der Waals surface area (Å²) >= 11 is 20.4. The number of aromatic nitrogens is 1. The van der Waals surface area contributed by atoms with Crippen molar-refractivity contribution in [2.45, 2.75) is 13.8 Å². The lowest BCUT2D eigenvalue weighted by atomic mass is 10.1. The first kappa shape index (κ1) is 19.5. The number of carbonyl (C=O) groups excluding carboxylic acids is 1. The Kier molecular flexibility index (Phi) is 5.28. The van der Waals surface area contributed by atoms with Crippen LogP contribution in [-0.4, -0.2) is 16.0 Å². The zero-order valence-electron chi connectivity index (χ0n) is 14.7. The van der Waals surface area contributed by atoms with Crippen LogP contribution in [-0.2, 0) is 0 Å². The largest absolute Gasteiger partial charge is 0.308 e. The summed E-state index contributed by atoms with van der Waals surface area (Å²) in [5.74, 6) is -0.367. The van der Waals surface area contributed by atoms with E-state index in [0.717, 1.165) is 31.4 Å². The van der Waals surface area contributed by atoms with Crippen molar-refractivity contribution in [2.75, 3.05) is 5.32 Å². The number of anilines is 1. The van der Waals surface area contributed by atoms with Gasteiger partial charge >= 0.3 is 0 Å². The van der Waals surface area contributed by atoms with Gasteiger partial charge in [-0.15, -0.1) is 11.3 Å². The minimum Gasteiger partial charge on any atom is -0.308 e. The van der Waals surface area contributed by atoms with Gasteiger partial charge in [-0.05, 0) is 49.3 Å². The van der Waals surface area contributed by atoms with Crippen molar-refractivity contribution in [1.82, 2.24) is 10.3 Å². The molecule has 2 N–H and O–H groups in total. The molecule has 0 saturated heterocycles. The van der Waals surface area contributed by atoms with Crippen LogP contribution in [0.5, 0.6) is 0 Å². The predicted molar refractivity (Wildman–Crippen MR) is 125 cm³/mol. The summed E-state index contributed by atoms with van der Waals surface area (Å²) in [5, 5.41) is 8.25. The molecule has 0 saturated carbocycles. The molecule has 0 radical (unpaired) electrons. The zero-order chi connectivity index (χ0) is 20.0. The number of thiazole rings is 1. The summed E-state index contributed by atoms with van der Waals surface area (Å²) in [7, 11) is 0. The fourth-order valence-electron chi connectivity index (χ4n) is 2.79. The number of hydrogen-bond acceptors (Lipinski definition) is 5. The Morgan fingerprint density at radius 1 is 1.11 bits per heavy atom. The first-order valence-corrected chi connectivity index (χ1v) is 11.0. The van der Waals surface area contributed by atoms with E-state index >= 15 is 0 Å².